The number of benzene rings is 1. The highest BCUT2D eigenvalue weighted by atomic mass is 16.6. The van der Waals surface area contributed by atoms with Crippen LogP contribution in [0.25, 0.3) is 0 Å². The highest BCUT2D eigenvalue weighted by Gasteiger charge is 2.23. The molecule has 0 aliphatic carbocycles. The van der Waals surface area contributed by atoms with Gasteiger partial charge in [-0.2, -0.15) is 0 Å². The van der Waals surface area contributed by atoms with Crippen molar-refractivity contribution in [2.45, 2.75) is 6.42 Å². The highest BCUT2D eigenvalue weighted by molar-refractivity contribution is 5.94. The summed E-state index contributed by atoms with van der Waals surface area (Å²) in [5.41, 5.74) is 5.74. The van der Waals surface area contributed by atoms with E-state index < -0.39 is 16.5 Å². The molecule has 0 aliphatic rings. The predicted molar refractivity (Wildman–Crippen MR) is 116 cm³/mol. The number of ether oxygens (including phenoxy) is 2. The number of hydrogen-bond donors (Lipinski definition) is 3. The standard InChI is InChI=1S/C20H21N7O5/c1-31-15-4-3-13(11-16(15)32-2)5-10-22-18-17(27(29)30)19(24-12-23-18)25-26-20(28)14-6-8-21-9-7-14/h3-4,6-9,11-12H,5,10H2,1-2H3,(H,26,28)(H2,22,23,24,25). The van der Waals surface area contributed by atoms with Gasteiger partial charge in [-0.3, -0.25) is 30.7 Å². The predicted octanol–water partition coefficient (Wildman–Crippen LogP) is 2.21. The Labute approximate surface area is 183 Å². The van der Waals surface area contributed by atoms with Gasteiger partial charge < -0.3 is 14.8 Å². The molecule has 1 aromatic carbocycles. The van der Waals surface area contributed by atoms with E-state index in [1.807, 2.05) is 12.1 Å². The number of carbonyl (C=O) groups excluding carboxylic acids is 1. The Hall–Kier alpha value is -4.48. The van der Waals surface area contributed by atoms with Gasteiger partial charge in [-0.15, -0.1) is 0 Å². The van der Waals surface area contributed by atoms with Crippen LogP contribution in [0, 0.1) is 10.1 Å². The summed E-state index contributed by atoms with van der Waals surface area (Å²) in [6, 6.07) is 8.50. The van der Waals surface area contributed by atoms with Gasteiger partial charge in [0.15, 0.2) is 11.5 Å². The molecule has 0 saturated carbocycles. The summed E-state index contributed by atoms with van der Waals surface area (Å²) in [4.78, 5) is 34.8. The van der Waals surface area contributed by atoms with Crippen molar-refractivity contribution in [3.8, 4) is 11.5 Å². The fourth-order valence-corrected chi connectivity index (χ4v) is 2.83. The maximum Gasteiger partial charge on any atom is 0.354 e. The Kier molecular flexibility index (Phi) is 7.30. The van der Waals surface area contributed by atoms with E-state index in [0.717, 1.165) is 11.9 Å². The number of nitrogens with zero attached hydrogens (tertiary/aromatic N) is 4. The number of amides is 1. The number of rotatable bonds is 10. The van der Waals surface area contributed by atoms with Gasteiger partial charge in [-0.25, -0.2) is 9.97 Å². The van der Waals surface area contributed by atoms with Crippen molar-refractivity contribution in [3.63, 3.8) is 0 Å². The van der Waals surface area contributed by atoms with E-state index in [0.29, 0.717) is 30.0 Å². The van der Waals surface area contributed by atoms with Crippen LogP contribution in [0.15, 0.2) is 49.1 Å². The number of hydrazine groups is 1. The molecule has 12 nitrogen and oxygen atoms in total. The van der Waals surface area contributed by atoms with E-state index >= 15 is 0 Å². The minimum Gasteiger partial charge on any atom is -0.493 e. The largest absolute Gasteiger partial charge is 0.493 e. The molecule has 1 amide bonds. The average molecular weight is 439 g/mol. The molecule has 12 heteroatoms. The summed E-state index contributed by atoms with van der Waals surface area (Å²) in [6.07, 6.45) is 4.63. The van der Waals surface area contributed by atoms with Crippen LogP contribution < -0.4 is 25.6 Å². The monoisotopic (exact) mass is 439 g/mol. The van der Waals surface area contributed by atoms with Crippen molar-refractivity contribution in [1.29, 1.82) is 0 Å². The van der Waals surface area contributed by atoms with Crippen molar-refractivity contribution in [3.05, 3.63) is 70.3 Å². The number of aromatic nitrogens is 3. The van der Waals surface area contributed by atoms with Crippen LogP contribution in [0.4, 0.5) is 17.3 Å². The molecule has 0 saturated heterocycles. The summed E-state index contributed by atoms with van der Waals surface area (Å²) < 4.78 is 10.5. The lowest BCUT2D eigenvalue weighted by atomic mass is 10.1. The molecule has 0 unspecified atom stereocenters. The molecule has 2 aromatic heterocycles. The zero-order valence-electron chi connectivity index (χ0n) is 17.4. The molecule has 0 radical (unpaired) electrons. The zero-order chi connectivity index (χ0) is 22.9. The normalized spacial score (nSPS) is 10.2. The summed E-state index contributed by atoms with van der Waals surface area (Å²) >= 11 is 0. The Balaban J connectivity index is 1.68. The highest BCUT2D eigenvalue weighted by Crippen LogP contribution is 2.29. The topological polar surface area (TPSA) is 153 Å². The first-order valence-electron chi connectivity index (χ1n) is 9.44. The fraction of sp³-hybridized carbons (Fsp3) is 0.200. The van der Waals surface area contributed by atoms with Crippen molar-refractivity contribution < 1.29 is 19.2 Å². The molecule has 32 heavy (non-hydrogen) atoms. The lowest BCUT2D eigenvalue weighted by Gasteiger charge is -2.12. The van der Waals surface area contributed by atoms with Crippen molar-refractivity contribution >= 4 is 23.2 Å². The van der Waals surface area contributed by atoms with E-state index in [2.05, 4.69) is 31.1 Å². The van der Waals surface area contributed by atoms with Crippen LogP contribution in [0.1, 0.15) is 15.9 Å². The van der Waals surface area contributed by atoms with Gasteiger partial charge in [-0.1, -0.05) is 6.07 Å². The second-order valence-corrected chi connectivity index (χ2v) is 6.36. The second kappa shape index (κ2) is 10.5. The van der Waals surface area contributed by atoms with Gasteiger partial charge in [0.05, 0.1) is 19.1 Å². The molecular weight excluding hydrogens is 418 g/mol. The second-order valence-electron chi connectivity index (χ2n) is 6.36. The number of nitro groups is 1. The number of pyridine rings is 1. The number of hydrogen-bond acceptors (Lipinski definition) is 10. The Bertz CT molecular complexity index is 1090. The maximum atomic E-state index is 12.2. The van der Waals surface area contributed by atoms with Crippen molar-refractivity contribution in [2.75, 3.05) is 31.5 Å². The van der Waals surface area contributed by atoms with E-state index in [1.54, 1.807) is 20.3 Å². The first-order chi connectivity index (χ1) is 15.5. The Morgan fingerprint density at radius 3 is 2.47 bits per heavy atom. The van der Waals surface area contributed by atoms with Gasteiger partial charge in [0.2, 0.25) is 11.6 Å². The third-order valence-corrected chi connectivity index (χ3v) is 4.40. The zero-order valence-corrected chi connectivity index (χ0v) is 17.4. The first-order valence-corrected chi connectivity index (χ1v) is 9.44. The van der Waals surface area contributed by atoms with Gasteiger partial charge in [-0.05, 0) is 36.2 Å². The summed E-state index contributed by atoms with van der Waals surface area (Å²) in [7, 11) is 3.10. The smallest absolute Gasteiger partial charge is 0.354 e. The molecule has 0 spiro atoms. The molecule has 166 valence electrons. The van der Waals surface area contributed by atoms with Crippen molar-refractivity contribution in [2.24, 2.45) is 0 Å². The van der Waals surface area contributed by atoms with E-state index in [-0.39, 0.29) is 11.6 Å². The third kappa shape index (κ3) is 5.36. The van der Waals surface area contributed by atoms with Crippen LogP contribution in [0.3, 0.4) is 0 Å². The summed E-state index contributed by atoms with van der Waals surface area (Å²) in [6.45, 7) is 0.357. The molecule has 0 atom stereocenters. The Morgan fingerprint density at radius 1 is 1.06 bits per heavy atom. The lowest BCUT2D eigenvalue weighted by molar-refractivity contribution is -0.383. The lowest BCUT2D eigenvalue weighted by Crippen LogP contribution is -2.30. The minimum atomic E-state index is -0.625. The molecule has 0 aliphatic heterocycles. The van der Waals surface area contributed by atoms with Gasteiger partial charge >= 0.3 is 5.69 Å². The van der Waals surface area contributed by atoms with Crippen LogP contribution in [0.5, 0.6) is 11.5 Å². The van der Waals surface area contributed by atoms with Crippen LogP contribution in [-0.2, 0) is 6.42 Å². The maximum absolute atomic E-state index is 12.2. The van der Waals surface area contributed by atoms with E-state index in [4.69, 9.17) is 9.47 Å². The van der Waals surface area contributed by atoms with Crippen LogP contribution in [-0.4, -0.2) is 46.5 Å². The summed E-state index contributed by atoms with van der Waals surface area (Å²) in [5, 5.41) is 14.6. The number of anilines is 2. The molecule has 3 N–H and O–H groups in total. The van der Waals surface area contributed by atoms with Gasteiger partial charge in [0, 0.05) is 24.5 Å². The molecule has 3 rings (SSSR count). The average Bonchev–Trinajstić information content (AvgIpc) is 2.82. The fourth-order valence-electron chi connectivity index (χ4n) is 2.83. The summed E-state index contributed by atoms with van der Waals surface area (Å²) in [5.74, 6) is 0.574. The Morgan fingerprint density at radius 2 is 1.78 bits per heavy atom. The molecule has 3 aromatic rings. The molecule has 0 fully saturated rings. The molecule has 0 bridgehead atoms. The first kappa shape index (κ1) is 22.2. The van der Waals surface area contributed by atoms with Gasteiger partial charge in [0.1, 0.15) is 6.33 Å². The number of nitrogens with one attached hydrogen (secondary N) is 3. The molecular formula is C20H21N7O5. The van der Waals surface area contributed by atoms with Gasteiger partial charge in [0.25, 0.3) is 5.91 Å². The van der Waals surface area contributed by atoms with Crippen LogP contribution in [0.2, 0.25) is 0 Å². The third-order valence-electron chi connectivity index (χ3n) is 4.40. The van der Waals surface area contributed by atoms with Crippen molar-refractivity contribution in [1.82, 2.24) is 20.4 Å². The van der Waals surface area contributed by atoms with E-state index in [1.165, 1.54) is 24.5 Å². The van der Waals surface area contributed by atoms with E-state index in [9.17, 15) is 14.9 Å². The number of methoxy groups -OCH3 is 2. The van der Waals surface area contributed by atoms with Crippen LogP contribution >= 0.6 is 0 Å². The quantitative estimate of drug-likeness (QED) is 0.316. The minimum absolute atomic E-state index is 0.0196. The SMILES string of the molecule is COc1ccc(CCNc2ncnc(NNC(=O)c3ccncc3)c2[N+](=O)[O-])cc1OC. The molecule has 2 heterocycles. The number of carbonyl (C=O) groups is 1.